The summed E-state index contributed by atoms with van der Waals surface area (Å²) in [6.45, 7) is 0. The average Bonchev–Trinajstić information content (AvgIpc) is 3.09. The van der Waals surface area contributed by atoms with Gasteiger partial charge in [0, 0.05) is 11.4 Å². The summed E-state index contributed by atoms with van der Waals surface area (Å²) in [6.07, 6.45) is 1.10. The van der Waals surface area contributed by atoms with E-state index in [2.05, 4.69) is 48.5 Å². The summed E-state index contributed by atoms with van der Waals surface area (Å²) >= 11 is 0. The predicted molar refractivity (Wildman–Crippen MR) is 115 cm³/mol. The molecule has 0 radical (unpaired) electrons. The molecule has 1 aliphatic rings. The molecule has 0 aromatic heterocycles. The van der Waals surface area contributed by atoms with Crippen molar-refractivity contribution in [1.82, 2.24) is 0 Å². The Bertz CT molecular complexity index is 961. The van der Waals surface area contributed by atoms with Crippen molar-refractivity contribution < 1.29 is 0 Å². The van der Waals surface area contributed by atoms with Gasteiger partial charge in [0.2, 0.25) is 0 Å². The standard InChI is InChI=1S/C13H10.C12H12N2/c1-3-7-12-10(5-1)9-11-6-2-4-8-13(11)12;13-11-5-1-9(2-6-11)10-3-7-12(14)8-4-10/h1-8H,9H2;1-8H,13-14H2. The Morgan fingerprint density at radius 1 is 0.444 bits per heavy atom. The maximum Gasteiger partial charge on any atom is 0.0314 e. The van der Waals surface area contributed by atoms with Gasteiger partial charge in [-0.25, -0.2) is 0 Å². The van der Waals surface area contributed by atoms with E-state index in [1.54, 1.807) is 0 Å². The van der Waals surface area contributed by atoms with E-state index in [0.29, 0.717) is 0 Å². The van der Waals surface area contributed by atoms with E-state index in [-0.39, 0.29) is 0 Å². The highest BCUT2D eigenvalue weighted by atomic mass is 14.5. The first-order valence-electron chi connectivity index (χ1n) is 9.08. The van der Waals surface area contributed by atoms with Crippen LogP contribution in [0.2, 0.25) is 0 Å². The molecular formula is C25H22N2. The number of hydrogen-bond donors (Lipinski definition) is 2. The molecule has 0 aliphatic heterocycles. The molecule has 2 heteroatoms. The quantitative estimate of drug-likeness (QED) is 0.377. The van der Waals surface area contributed by atoms with Gasteiger partial charge < -0.3 is 11.5 Å². The number of benzene rings is 4. The van der Waals surface area contributed by atoms with E-state index in [1.807, 2.05) is 48.5 Å². The predicted octanol–water partition coefficient (Wildman–Crippen LogP) is 5.78. The molecule has 0 unspecified atom stereocenters. The van der Waals surface area contributed by atoms with Gasteiger partial charge in [0.15, 0.2) is 0 Å². The van der Waals surface area contributed by atoms with Crippen LogP contribution in [-0.2, 0) is 6.42 Å². The molecule has 0 saturated carbocycles. The summed E-state index contributed by atoms with van der Waals surface area (Å²) in [4.78, 5) is 0. The molecule has 27 heavy (non-hydrogen) atoms. The second-order valence-electron chi connectivity index (χ2n) is 6.74. The van der Waals surface area contributed by atoms with Crippen LogP contribution >= 0.6 is 0 Å². The van der Waals surface area contributed by atoms with Gasteiger partial charge in [-0.15, -0.1) is 0 Å². The Balaban J connectivity index is 0.000000134. The highest BCUT2D eigenvalue weighted by Crippen LogP contribution is 2.35. The number of anilines is 2. The average molecular weight is 350 g/mol. The smallest absolute Gasteiger partial charge is 0.0314 e. The summed E-state index contributed by atoms with van der Waals surface area (Å²) in [6, 6.07) is 32.9. The summed E-state index contributed by atoms with van der Waals surface area (Å²) in [5.41, 5.74) is 20.8. The van der Waals surface area contributed by atoms with Crippen molar-refractivity contribution in [3.8, 4) is 22.3 Å². The largest absolute Gasteiger partial charge is 0.399 e. The molecular weight excluding hydrogens is 328 g/mol. The lowest BCUT2D eigenvalue weighted by molar-refractivity contribution is 1.26. The van der Waals surface area contributed by atoms with Gasteiger partial charge in [0.25, 0.3) is 0 Å². The highest BCUT2D eigenvalue weighted by molar-refractivity contribution is 5.76. The lowest BCUT2D eigenvalue weighted by Gasteiger charge is -2.02. The molecule has 0 heterocycles. The Labute approximate surface area is 160 Å². The van der Waals surface area contributed by atoms with Gasteiger partial charge >= 0.3 is 0 Å². The Morgan fingerprint density at radius 2 is 0.815 bits per heavy atom. The molecule has 5 rings (SSSR count). The fraction of sp³-hybridized carbons (Fsp3) is 0.0400. The van der Waals surface area contributed by atoms with Crippen LogP contribution in [0.25, 0.3) is 22.3 Å². The van der Waals surface area contributed by atoms with Crippen LogP contribution in [0.1, 0.15) is 11.1 Å². The molecule has 0 atom stereocenters. The van der Waals surface area contributed by atoms with Crippen molar-refractivity contribution in [1.29, 1.82) is 0 Å². The summed E-state index contributed by atoms with van der Waals surface area (Å²) in [5.74, 6) is 0. The second kappa shape index (κ2) is 7.38. The topological polar surface area (TPSA) is 52.0 Å². The molecule has 2 nitrogen and oxygen atoms in total. The number of hydrogen-bond acceptors (Lipinski definition) is 2. The molecule has 4 N–H and O–H groups in total. The molecule has 132 valence electrons. The van der Waals surface area contributed by atoms with Crippen LogP contribution < -0.4 is 11.5 Å². The van der Waals surface area contributed by atoms with Gasteiger partial charge in [0.1, 0.15) is 0 Å². The lowest BCUT2D eigenvalue weighted by Crippen LogP contribution is -1.85. The lowest BCUT2D eigenvalue weighted by atomic mass is 10.1. The Kier molecular flexibility index (Phi) is 4.63. The minimum absolute atomic E-state index is 0.782. The fourth-order valence-corrected chi connectivity index (χ4v) is 3.43. The highest BCUT2D eigenvalue weighted by Gasteiger charge is 2.15. The van der Waals surface area contributed by atoms with Crippen LogP contribution in [0.15, 0.2) is 97.1 Å². The first-order valence-corrected chi connectivity index (χ1v) is 9.08. The molecule has 0 spiro atoms. The second-order valence-corrected chi connectivity index (χ2v) is 6.74. The zero-order chi connectivity index (χ0) is 18.6. The van der Waals surface area contributed by atoms with E-state index in [0.717, 1.165) is 28.9 Å². The zero-order valence-corrected chi connectivity index (χ0v) is 15.1. The maximum absolute atomic E-state index is 5.61. The fourth-order valence-electron chi connectivity index (χ4n) is 3.43. The van der Waals surface area contributed by atoms with Crippen LogP contribution in [0, 0.1) is 0 Å². The number of rotatable bonds is 1. The Hall–Kier alpha value is -3.52. The first kappa shape index (κ1) is 16.9. The Morgan fingerprint density at radius 3 is 1.22 bits per heavy atom. The minimum atomic E-state index is 0.782. The molecule has 1 aliphatic carbocycles. The van der Waals surface area contributed by atoms with E-state index in [9.17, 15) is 0 Å². The summed E-state index contributed by atoms with van der Waals surface area (Å²) in [7, 11) is 0. The molecule has 4 aromatic carbocycles. The first-order chi connectivity index (χ1) is 13.2. The van der Waals surface area contributed by atoms with Crippen molar-refractivity contribution in [2.45, 2.75) is 6.42 Å². The molecule has 4 aromatic rings. The van der Waals surface area contributed by atoms with Gasteiger partial charge in [-0.1, -0.05) is 72.8 Å². The van der Waals surface area contributed by atoms with Crippen LogP contribution in [0.5, 0.6) is 0 Å². The van der Waals surface area contributed by atoms with Gasteiger partial charge in [-0.2, -0.15) is 0 Å². The number of nitrogen functional groups attached to an aromatic ring is 2. The van der Waals surface area contributed by atoms with Crippen molar-refractivity contribution >= 4 is 11.4 Å². The van der Waals surface area contributed by atoms with Crippen LogP contribution in [0.4, 0.5) is 11.4 Å². The van der Waals surface area contributed by atoms with Crippen molar-refractivity contribution in [2.24, 2.45) is 0 Å². The van der Waals surface area contributed by atoms with Crippen molar-refractivity contribution in [3.63, 3.8) is 0 Å². The third-order valence-electron chi connectivity index (χ3n) is 4.86. The SMILES string of the molecule is Nc1ccc(-c2ccc(N)cc2)cc1.c1ccc2c(c1)Cc1ccccc1-2. The third-order valence-corrected chi connectivity index (χ3v) is 4.86. The van der Waals surface area contributed by atoms with Crippen LogP contribution in [-0.4, -0.2) is 0 Å². The third kappa shape index (κ3) is 3.70. The van der Waals surface area contributed by atoms with Gasteiger partial charge in [0.05, 0.1) is 0 Å². The van der Waals surface area contributed by atoms with Gasteiger partial charge in [-0.3, -0.25) is 0 Å². The minimum Gasteiger partial charge on any atom is -0.399 e. The van der Waals surface area contributed by atoms with Crippen molar-refractivity contribution in [3.05, 3.63) is 108 Å². The van der Waals surface area contributed by atoms with Crippen molar-refractivity contribution in [2.75, 3.05) is 11.5 Å². The van der Waals surface area contributed by atoms with E-state index < -0.39 is 0 Å². The zero-order valence-electron chi connectivity index (χ0n) is 15.1. The maximum atomic E-state index is 5.61. The molecule has 0 fully saturated rings. The van der Waals surface area contributed by atoms with E-state index in [1.165, 1.54) is 22.3 Å². The molecule has 0 saturated heterocycles. The number of nitrogens with two attached hydrogens (primary N) is 2. The summed E-state index contributed by atoms with van der Waals surface area (Å²) in [5, 5.41) is 0. The number of fused-ring (bicyclic) bond motifs is 3. The van der Waals surface area contributed by atoms with Gasteiger partial charge in [-0.05, 0) is 64.1 Å². The normalized spacial score (nSPS) is 11.1. The van der Waals surface area contributed by atoms with Crippen LogP contribution in [0.3, 0.4) is 0 Å². The van der Waals surface area contributed by atoms with E-state index in [4.69, 9.17) is 11.5 Å². The molecule has 0 bridgehead atoms. The summed E-state index contributed by atoms with van der Waals surface area (Å²) < 4.78 is 0. The molecule has 0 amide bonds. The van der Waals surface area contributed by atoms with E-state index >= 15 is 0 Å². The monoisotopic (exact) mass is 350 g/mol.